The number of carbonyl (C=O) groups excluding carboxylic acids is 1. The van der Waals surface area contributed by atoms with Crippen LogP contribution in [0, 0.1) is 6.92 Å². The van der Waals surface area contributed by atoms with Crippen LogP contribution in [0.4, 0.5) is 0 Å². The minimum atomic E-state index is 0.0487. The molecule has 0 atom stereocenters. The van der Waals surface area contributed by atoms with Gasteiger partial charge in [0.15, 0.2) is 5.78 Å². The van der Waals surface area contributed by atoms with Crippen molar-refractivity contribution < 1.29 is 4.79 Å². The van der Waals surface area contributed by atoms with Gasteiger partial charge in [-0.1, -0.05) is 54.6 Å². The number of aryl methyl sites for hydroxylation is 1. The number of pyridine rings is 1. The van der Waals surface area contributed by atoms with E-state index in [-0.39, 0.29) is 5.78 Å². The third kappa shape index (κ3) is 1.99. The van der Waals surface area contributed by atoms with E-state index in [0.29, 0.717) is 5.56 Å². The Morgan fingerprint density at radius 3 is 2.15 bits per heavy atom. The van der Waals surface area contributed by atoms with Crippen LogP contribution < -0.4 is 0 Å². The first-order valence-electron chi connectivity index (χ1n) is 6.64. The second kappa shape index (κ2) is 4.89. The molecule has 0 N–H and O–H groups in total. The summed E-state index contributed by atoms with van der Waals surface area (Å²) in [5, 5.41) is 2.02. The first-order valence-corrected chi connectivity index (χ1v) is 6.64. The standard InChI is InChI=1S/C18H15NO/c1-12-15-10-6-7-11-16(15)17(13(2)20)18(19-12)14-8-4-3-5-9-14/h3-11H,1-2H3. The van der Waals surface area contributed by atoms with Gasteiger partial charge in [-0.3, -0.25) is 9.78 Å². The van der Waals surface area contributed by atoms with Crippen molar-refractivity contribution in [3.63, 3.8) is 0 Å². The molecule has 0 radical (unpaired) electrons. The Morgan fingerprint density at radius 2 is 1.50 bits per heavy atom. The minimum absolute atomic E-state index is 0.0487. The van der Waals surface area contributed by atoms with Crippen molar-refractivity contribution in [1.29, 1.82) is 0 Å². The van der Waals surface area contributed by atoms with Crippen LogP contribution in [0.5, 0.6) is 0 Å². The molecule has 0 saturated heterocycles. The monoisotopic (exact) mass is 261 g/mol. The van der Waals surface area contributed by atoms with Crippen molar-refractivity contribution in [2.24, 2.45) is 0 Å². The number of benzene rings is 2. The molecule has 2 aromatic carbocycles. The summed E-state index contributed by atoms with van der Waals surface area (Å²) in [6, 6.07) is 17.8. The highest BCUT2D eigenvalue weighted by Crippen LogP contribution is 2.30. The molecule has 0 bridgehead atoms. The Hall–Kier alpha value is -2.48. The molecule has 1 heterocycles. The summed E-state index contributed by atoms with van der Waals surface area (Å²) in [6.45, 7) is 3.59. The van der Waals surface area contributed by atoms with E-state index in [1.807, 2.05) is 61.5 Å². The van der Waals surface area contributed by atoms with Crippen molar-refractivity contribution in [2.75, 3.05) is 0 Å². The van der Waals surface area contributed by atoms with Gasteiger partial charge in [-0.25, -0.2) is 0 Å². The van der Waals surface area contributed by atoms with Gasteiger partial charge in [0.05, 0.1) is 11.3 Å². The zero-order chi connectivity index (χ0) is 14.1. The van der Waals surface area contributed by atoms with Gasteiger partial charge in [-0.15, -0.1) is 0 Å². The fourth-order valence-electron chi connectivity index (χ4n) is 2.59. The Kier molecular flexibility index (Phi) is 3.07. The number of rotatable bonds is 2. The molecule has 0 spiro atoms. The molecule has 3 rings (SSSR count). The highest BCUT2D eigenvalue weighted by Gasteiger charge is 2.16. The Bertz CT molecular complexity index is 791. The largest absolute Gasteiger partial charge is 0.294 e. The molecule has 1 aromatic heterocycles. The Morgan fingerprint density at radius 1 is 0.900 bits per heavy atom. The van der Waals surface area contributed by atoms with Gasteiger partial charge in [0.25, 0.3) is 0 Å². The van der Waals surface area contributed by atoms with E-state index in [9.17, 15) is 4.79 Å². The number of nitrogens with zero attached hydrogens (tertiary/aromatic N) is 1. The number of ketones is 1. The number of hydrogen-bond donors (Lipinski definition) is 0. The second-order valence-electron chi connectivity index (χ2n) is 4.89. The average Bonchev–Trinajstić information content (AvgIpc) is 2.47. The Labute approximate surface area is 118 Å². The molecule has 98 valence electrons. The molecule has 2 nitrogen and oxygen atoms in total. The summed E-state index contributed by atoms with van der Waals surface area (Å²) < 4.78 is 0. The molecular weight excluding hydrogens is 246 g/mol. The van der Waals surface area contributed by atoms with Crippen LogP contribution in [0.1, 0.15) is 23.0 Å². The molecular formula is C18H15NO. The zero-order valence-electron chi connectivity index (χ0n) is 11.6. The van der Waals surface area contributed by atoms with Gasteiger partial charge in [-0.2, -0.15) is 0 Å². The van der Waals surface area contributed by atoms with Crippen molar-refractivity contribution in [3.05, 3.63) is 65.9 Å². The summed E-state index contributed by atoms with van der Waals surface area (Å²) in [4.78, 5) is 16.8. The van der Waals surface area contributed by atoms with Crippen LogP contribution in [0.3, 0.4) is 0 Å². The topological polar surface area (TPSA) is 30.0 Å². The fraction of sp³-hybridized carbons (Fsp3) is 0.111. The predicted molar refractivity (Wildman–Crippen MR) is 81.9 cm³/mol. The summed E-state index contributed by atoms with van der Waals surface area (Å²) in [6.07, 6.45) is 0. The number of aromatic nitrogens is 1. The lowest BCUT2D eigenvalue weighted by Crippen LogP contribution is -2.02. The lowest BCUT2D eigenvalue weighted by molar-refractivity contribution is 0.101. The number of fused-ring (bicyclic) bond motifs is 1. The number of carbonyl (C=O) groups is 1. The highest BCUT2D eigenvalue weighted by molar-refractivity contribution is 6.11. The molecule has 0 aliphatic carbocycles. The maximum atomic E-state index is 12.1. The summed E-state index contributed by atoms with van der Waals surface area (Å²) in [5.74, 6) is 0.0487. The quantitative estimate of drug-likeness (QED) is 0.639. The van der Waals surface area contributed by atoms with E-state index < -0.39 is 0 Å². The van der Waals surface area contributed by atoms with Crippen LogP contribution in [0.15, 0.2) is 54.6 Å². The minimum Gasteiger partial charge on any atom is -0.294 e. The summed E-state index contributed by atoms with van der Waals surface area (Å²) in [7, 11) is 0. The lowest BCUT2D eigenvalue weighted by Gasteiger charge is -2.12. The summed E-state index contributed by atoms with van der Waals surface area (Å²) >= 11 is 0. The van der Waals surface area contributed by atoms with Crippen LogP contribution >= 0.6 is 0 Å². The molecule has 3 aromatic rings. The van der Waals surface area contributed by atoms with Gasteiger partial charge in [0.1, 0.15) is 0 Å². The third-order valence-electron chi connectivity index (χ3n) is 3.50. The maximum absolute atomic E-state index is 12.1. The zero-order valence-corrected chi connectivity index (χ0v) is 11.6. The van der Waals surface area contributed by atoms with E-state index in [2.05, 4.69) is 4.98 Å². The van der Waals surface area contributed by atoms with Crippen LogP contribution in [-0.4, -0.2) is 10.8 Å². The third-order valence-corrected chi connectivity index (χ3v) is 3.50. The first-order chi connectivity index (χ1) is 9.68. The molecule has 20 heavy (non-hydrogen) atoms. The van der Waals surface area contributed by atoms with Gasteiger partial charge in [0.2, 0.25) is 0 Å². The number of Topliss-reactive ketones (excluding diaryl/α,β-unsaturated/α-hetero) is 1. The lowest BCUT2D eigenvalue weighted by atomic mass is 9.96. The van der Waals surface area contributed by atoms with Gasteiger partial charge in [-0.05, 0) is 19.2 Å². The van der Waals surface area contributed by atoms with E-state index in [1.54, 1.807) is 6.92 Å². The first kappa shape index (κ1) is 12.5. The fourth-order valence-corrected chi connectivity index (χ4v) is 2.59. The molecule has 0 amide bonds. The molecule has 2 heteroatoms. The van der Waals surface area contributed by atoms with Gasteiger partial charge in [0, 0.05) is 16.6 Å². The molecule has 0 fully saturated rings. The summed E-state index contributed by atoms with van der Waals surface area (Å²) in [5.41, 5.74) is 3.41. The van der Waals surface area contributed by atoms with E-state index in [1.165, 1.54) is 0 Å². The molecule has 0 unspecified atom stereocenters. The van der Waals surface area contributed by atoms with E-state index in [4.69, 9.17) is 0 Å². The smallest absolute Gasteiger partial charge is 0.162 e. The normalized spacial score (nSPS) is 10.7. The SMILES string of the molecule is CC(=O)c1c(-c2ccccc2)nc(C)c2ccccc12. The van der Waals surface area contributed by atoms with E-state index >= 15 is 0 Å². The predicted octanol–water partition coefficient (Wildman–Crippen LogP) is 4.41. The van der Waals surface area contributed by atoms with Crippen molar-refractivity contribution in [2.45, 2.75) is 13.8 Å². The number of hydrogen-bond acceptors (Lipinski definition) is 2. The van der Waals surface area contributed by atoms with E-state index in [0.717, 1.165) is 27.7 Å². The molecule has 0 aliphatic rings. The van der Waals surface area contributed by atoms with Gasteiger partial charge < -0.3 is 0 Å². The van der Waals surface area contributed by atoms with Crippen molar-refractivity contribution in [1.82, 2.24) is 4.98 Å². The van der Waals surface area contributed by atoms with Crippen molar-refractivity contribution in [3.8, 4) is 11.3 Å². The second-order valence-corrected chi connectivity index (χ2v) is 4.89. The molecule has 0 aliphatic heterocycles. The maximum Gasteiger partial charge on any atom is 0.162 e. The Balaban J connectivity index is 2.43. The van der Waals surface area contributed by atoms with Crippen LogP contribution in [-0.2, 0) is 0 Å². The average molecular weight is 261 g/mol. The van der Waals surface area contributed by atoms with Crippen LogP contribution in [0.2, 0.25) is 0 Å². The van der Waals surface area contributed by atoms with Crippen LogP contribution in [0.25, 0.3) is 22.0 Å². The molecule has 0 saturated carbocycles. The van der Waals surface area contributed by atoms with Gasteiger partial charge >= 0.3 is 0 Å². The van der Waals surface area contributed by atoms with Crippen molar-refractivity contribution >= 4 is 16.6 Å². The highest BCUT2D eigenvalue weighted by atomic mass is 16.1.